The van der Waals surface area contributed by atoms with Crippen LogP contribution >= 0.6 is 22.6 Å². The van der Waals surface area contributed by atoms with Crippen molar-refractivity contribution in [2.75, 3.05) is 6.61 Å². The predicted octanol–water partition coefficient (Wildman–Crippen LogP) is 2.92. The summed E-state index contributed by atoms with van der Waals surface area (Å²) in [5.74, 6) is 0. The van der Waals surface area contributed by atoms with Crippen molar-refractivity contribution in [1.82, 2.24) is 15.1 Å². The Bertz CT molecular complexity index is 776. The Kier molecular flexibility index (Phi) is 4.79. The number of nitrogens with one attached hydrogen (secondary N) is 1. The zero-order chi connectivity index (χ0) is 20.4. The molecule has 28 heavy (non-hydrogen) atoms. The number of nitrogens with two attached hydrogens (primary N) is 1. The van der Waals surface area contributed by atoms with Gasteiger partial charge in [-0.25, -0.2) is 4.79 Å². The van der Waals surface area contributed by atoms with Crippen LogP contribution in [0.15, 0.2) is 6.20 Å². The summed E-state index contributed by atoms with van der Waals surface area (Å²) in [5, 5.41) is 18.6. The van der Waals surface area contributed by atoms with Crippen LogP contribution in [0, 0.1) is 26.7 Å². The molecule has 4 saturated carbocycles. The Balaban J connectivity index is 1.61. The first-order valence-electron chi connectivity index (χ1n) is 10.0. The number of carbonyl (C=O) groups is 1. The lowest BCUT2D eigenvalue weighted by Gasteiger charge is -2.70. The molecule has 7 nitrogen and oxygen atoms in total. The average molecular weight is 502 g/mol. The van der Waals surface area contributed by atoms with Gasteiger partial charge in [0.25, 0.3) is 0 Å². The highest BCUT2D eigenvalue weighted by atomic mass is 127. The smallest absolute Gasteiger partial charge is 0.404 e. The summed E-state index contributed by atoms with van der Waals surface area (Å²) in [6.45, 7) is 7.75. The van der Waals surface area contributed by atoms with Crippen molar-refractivity contribution in [2.24, 2.45) is 22.0 Å². The first-order chi connectivity index (χ1) is 13.0. The normalized spacial score (nSPS) is 39.9. The number of ether oxygens (including phenoxy) is 1. The average Bonchev–Trinajstić information content (AvgIpc) is 2.80. The molecule has 0 radical (unpaired) electrons. The highest BCUT2D eigenvalue weighted by Gasteiger charge is 2.65. The standard InChI is InChI=1S/C20H31IN4O3/c1-13-14(21)4-23-25(13)12-19-7-17(2)6-18(3,8-19)10-20(9-17,11-19)24-15(26)5-28-16(22)27/h4,15,24,26H,5-12H2,1-3H3,(H2,22,27). The third-order valence-electron chi connectivity index (χ3n) is 7.09. The summed E-state index contributed by atoms with van der Waals surface area (Å²) in [6, 6.07) is 0. The van der Waals surface area contributed by atoms with Crippen molar-refractivity contribution >= 4 is 28.7 Å². The van der Waals surface area contributed by atoms with E-state index in [2.05, 4.69) is 58.5 Å². The summed E-state index contributed by atoms with van der Waals surface area (Å²) in [7, 11) is 0. The van der Waals surface area contributed by atoms with E-state index < -0.39 is 12.3 Å². The summed E-state index contributed by atoms with van der Waals surface area (Å²) in [4.78, 5) is 10.9. The van der Waals surface area contributed by atoms with Crippen LogP contribution in [-0.4, -0.2) is 39.4 Å². The molecule has 1 amide bonds. The van der Waals surface area contributed by atoms with Gasteiger partial charge in [-0.15, -0.1) is 0 Å². The molecule has 1 aromatic rings. The largest absolute Gasteiger partial charge is 0.445 e. The second-order valence-electron chi connectivity index (χ2n) is 10.5. The van der Waals surface area contributed by atoms with E-state index in [-0.39, 0.29) is 28.4 Å². The number of primary amides is 1. The van der Waals surface area contributed by atoms with Gasteiger partial charge in [-0.05, 0) is 84.3 Å². The van der Waals surface area contributed by atoms with Gasteiger partial charge in [-0.3, -0.25) is 10.00 Å². The van der Waals surface area contributed by atoms with E-state index in [1.165, 1.54) is 28.5 Å². The van der Waals surface area contributed by atoms with Crippen LogP contribution in [0.2, 0.25) is 0 Å². The lowest BCUT2D eigenvalue weighted by Crippen LogP contribution is -2.69. The van der Waals surface area contributed by atoms with Crippen LogP contribution in [0.4, 0.5) is 4.79 Å². The molecular weight excluding hydrogens is 471 g/mol. The van der Waals surface area contributed by atoms with Crippen molar-refractivity contribution in [3.05, 3.63) is 15.5 Å². The number of rotatable bonds is 6. The summed E-state index contributed by atoms with van der Waals surface area (Å²) in [5.41, 5.74) is 6.79. The SMILES string of the molecule is Cc1c(I)cnn1CC12CC3(C)CC(C)(C1)CC(NC(O)COC(N)=O)(C3)C2. The van der Waals surface area contributed by atoms with Crippen LogP contribution in [0.25, 0.3) is 0 Å². The molecule has 0 aliphatic heterocycles. The molecule has 4 aliphatic rings. The van der Waals surface area contributed by atoms with Crippen LogP contribution < -0.4 is 11.1 Å². The van der Waals surface area contributed by atoms with Crippen molar-refractivity contribution in [2.45, 2.75) is 77.6 Å². The summed E-state index contributed by atoms with van der Waals surface area (Å²) in [6.07, 6.45) is 6.90. The number of aromatic nitrogens is 2. The van der Waals surface area contributed by atoms with Gasteiger partial charge in [-0.2, -0.15) is 5.10 Å². The number of carbonyl (C=O) groups excluding carboxylic acids is 1. The minimum atomic E-state index is -0.902. The highest BCUT2D eigenvalue weighted by molar-refractivity contribution is 14.1. The second-order valence-corrected chi connectivity index (χ2v) is 11.7. The van der Waals surface area contributed by atoms with E-state index in [1.807, 2.05) is 6.20 Å². The van der Waals surface area contributed by atoms with Crippen LogP contribution in [0.1, 0.15) is 58.1 Å². The van der Waals surface area contributed by atoms with Crippen molar-refractivity contribution in [3.8, 4) is 0 Å². The van der Waals surface area contributed by atoms with Gasteiger partial charge in [0.05, 0.1) is 9.77 Å². The van der Waals surface area contributed by atoms with Gasteiger partial charge >= 0.3 is 6.09 Å². The fraction of sp³-hybridized carbons (Fsp3) is 0.800. The monoisotopic (exact) mass is 502 g/mol. The lowest BCUT2D eigenvalue weighted by molar-refractivity contribution is -0.181. The molecule has 4 bridgehead atoms. The molecule has 8 heteroatoms. The van der Waals surface area contributed by atoms with E-state index in [1.54, 1.807) is 0 Å². The lowest BCUT2D eigenvalue weighted by atomic mass is 9.38. The summed E-state index contributed by atoms with van der Waals surface area (Å²) >= 11 is 2.35. The molecule has 4 fully saturated rings. The maximum atomic E-state index is 10.9. The molecule has 5 rings (SSSR count). The Morgan fingerprint density at radius 3 is 2.50 bits per heavy atom. The number of hydrogen-bond acceptors (Lipinski definition) is 5. The van der Waals surface area contributed by atoms with Gasteiger partial charge in [0, 0.05) is 17.8 Å². The Morgan fingerprint density at radius 2 is 1.96 bits per heavy atom. The summed E-state index contributed by atoms with van der Waals surface area (Å²) < 4.78 is 8.19. The van der Waals surface area contributed by atoms with E-state index in [4.69, 9.17) is 10.5 Å². The van der Waals surface area contributed by atoms with E-state index in [0.29, 0.717) is 0 Å². The molecule has 3 unspecified atom stereocenters. The molecule has 0 spiro atoms. The maximum absolute atomic E-state index is 10.9. The third-order valence-corrected chi connectivity index (χ3v) is 8.14. The van der Waals surface area contributed by atoms with E-state index in [0.717, 1.165) is 25.8 Å². The van der Waals surface area contributed by atoms with Gasteiger partial charge in [0.2, 0.25) is 0 Å². The van der Waals surface area contributed by atoms with Crippen molar-refractivity contribution in [3.63, 3.8) is 0 Å². The molecule has 0 aromatic carbocycles. The number of nitrogens with zero attached hydrogens (tertiary/aromatic N) is 2. The fourth-order valence-corrected chi connectivity index (χ4v) is 8.12. The van der Waals surface area contributed by atoms with Crippen molar-refractivity contribution in [1.29, 1.82) is 0 Å². The van der Waals surface area contributed by atoms with Gasteiger partial charge in [-0.1, -0.05) is 13.8 Å². The molecule has 4 aliphatic carbocycles. The minimum Gasteiger partial charge on any atom is -0.445 e. The number of halogens is 1. The second kappa shape index (κ2) is 6.57. The molecule has 156 valence electrons. The predicted molar refractivity (Wildman–Crippen MR) is 113 cm³/mol. The Labute approximate surface area is 179 Å². The molecule has 0 saturated heterocycles. The highest BCUT2D eigenvalue weighted by Crippen LogP contribution is 2.71. The van der Waals surface area contributed by atoms with Gasteiger partial charge in [0.1, 0.15) is 12.8 Å². The van der Waals surface area contributed by atoms with Crippen LogP contribution in [0.3, 0.4) is 0 Å². The van der Waals surface area contributed by atoms with E-state index in [9.17, 15) is 9.90 Å². The molecule has 3 atom stereocenters. The molecule has 1 heterocycles. The zero-order valence-electron chi connectivity index (χ0n) is 16.9. The number of amides is 1. The van der Waals surface area contributed by atoms with Gasteiger partial charge in [0.15, 0.2) is 0 Å². The van der Waals surface area contributed by atoms with E-state index >= 15 is 0 Å². The number of aliphatic hydroxyl groups is 1. The minimum absolute atomic E-state index is 0.117. The van der Waals surface area contributed by atoms with Gasteiger partial charge < -0.3 is 15.6 Å². The first kappa shape index (κ1) is 20.4. The maximum Gasteiger partial charge on any atom is 0.404 e. The molecule has 4 N–H and O–H groups in total. The fourth-order valence-electron chi connectivity index (χ4n) is 7.72. The quantitative estimate of drug-likeness (QED) is 0.410. The first-order valence-corrected chi connectivity index (χ1v) is 11.1. The van der Waals surface area contributed by atoms with Crippen LogP contribution in [0.5, 0.6) is 0 Å². The van der Waals surface area contributed by atoms with Crippen molar-refractivity contribution < 1.29 is 14.6 Å². The van der Waals surface area contributed by atoms with Crippen LogP contribution in [-0.2, 0) is 11.3 Å². The topological polar surface area (TPSA) is 102 Å². The Morgan fingerprint density at radius 1 is 1.32 bits per heavy atom. The molecular formula is C20H31IN4O3. The Hall–Kier alpha value is -0.870. The molecule has 1 aromatic heterocycles. The zero-order valence-corrected chi connectivity index (χ0v) is 19.1. The number of aliphatic hydroxyl groups excluding tert-OH is 1. The third kappa shape index (κ3) is 3.67. The number of hydrogen-bond donors (Lipinski definition) is 3.